The maximum absolute atomic E-state index is 4.56. The molecule has 1 aliphatic heterocycles. The molecule has 0 radical (unpaired) electrons. The molecule has 0 spiro atoms. The molecule has 1 nitrogen and oxygen atoms in total. The lowest BCUT2D eigenvalue weighted by Gasteiger charge is -2.31. The van der Waals surface area contributed by atoms with Crippen LogP contribution in [0.3, 0.4) is 0 Å². The van der Waals surface area contributed by atoms with Crippen LogP contribution in [0.15, 0.2) is 12.1 Å². The van der Waals surface area contributed by atoms with Gasteiger partial charge in [0.25, 0.3) is 0 Å². The summed E-state index contributed by atoms with van der Waals surface area (Å²) >= 11 is 0. The molecular weight excluding hydrogens is 182 g/mol. The highest BCUT2D eigenvalue weighted by Gasteiger charge is 2.14. The Kier molecular flexibility index (Phi) is 2.49. The molecule has 2 aliphatic rings. The number of fused-ring (bicyclic) bond motifs is 3. The summed E-state index contributed by atoms with van der Waals surface area (Å²) < 4.78 is 0. The van der Waals surface area contributed by atoms with Crippen LogP contribution in [0, 0.1) is 0 Å². The molecule has 0 amide bonds. The van der Waals surface area contributed by atoms with E-state index in [2.05, 4.69) is 17.4 Å². The fourth-order valence-electron chi connectivity index (χ4n) is 2.95. The zero-order valence-corrected chi connectivity index (χ0v) is 9.26. The minimum atomic E-state index is 0.985. The molecule has 80 valence electrons. The quantitative estimate of drug-likeness (QED) is 0.570. The van der Waals surface area contributed by atoms with Crippen LogP contribution >= 0.6 is 0 Å². The molecule has 1 heterocycles. The highest BCUT2D eigenvalue weighted by Crippen LogP contribution is 2.30. The third kappa shape index (κ3) is 1.69. The Hall–Kier alpha value is -0.820. The maximum atomic E-state index is 4.56. The summed E-state index contributed by atoms with van der Waals surface area (Å²) in [4.78, 5) is 0. The number of aryl methyl sites for hydroxylation is 1. The number of benzene rings is 1. The second-order valence-corrected chi connectivity index (χ2v) is 4.76. The first kappa shape index (κ1) is 9.41. The van der Waals surface area contributed by atoms with Gasteiger partial charge < -0.3 is 5.32 Å². The van der Waals surface area contributed by atoms with Crippen molar-refractivity contribution in [1.29, 1.82) is 0 Å². The van der Waals surface area contributed by atoms with Crippen LogP contribution < -0.4 is 0 Å². The van der Waals surface area contributed by atoms with Gasteiger partial charge in [-0.1, -0.05) is 24.1 Å². The Morgan fingerprint density at radius 3 is 2.53 bits per heavy atom. The van der Waals surface area contributed by atoms with Crippen molar-refractivity contribution in [1.82, 2.24) is 0 Å². The third-order valence-electron chi connectivity index (χ3n) is 3.81. The van der Waals surface area contributed by atoms with Crippen LogP contribution in [0.4, 0.5) is 0 Å². The van der Waals surface area contributed by atoms with E-state index in [0.717, 1.165) is 13.1 Å². The van der Waals surface area contributed by atoms with Crippen molar-refractivity contribution >= 4 is 0 Å². The Balaban J connectivity index is 2.08. The smallest absolute Gasteiger partial charge is 0.0274 e. The summed E-state index contributed by atoms with van der Waals surface area (Å²) in [7, 11) is 0. The highest BCUT2D eigenvalue weighted by molar-refractivity contribution is 5.44. The molecule has 0 aromatic heterocycles. The van der Waals surface area contributed by atoms with Crippen LogP contribution in [-0.2, 0) is 25.8 Å². The van der Waals surface area contributed by atoms with Gasteiger partial charge in [-0.2, -0.15) is 0 Å². The molecule has 1 aromatic carbocycles. The topological polar surface area (TPSA) is 14.1 Å². The summed E-state index contributed by atoms with van der Waals surface area (Å²) in [5, 5.41) is 4.56. The average molecular weight is 200 g/mol. The molecule has 3 rings (SSSR count). The fraction of sp³-hybridized carbons (Fsp3) is 0.571. The summed E-state index contributed by atoms with van der Waals surface area (Å²) in [6, 6.07) is 4.74. The second-order valence-electron chi connectivity index (χ2n) is 4.76. The minimum Gasteiger partial charge on any atom is -0.658 e. The van der Waals surface area contributed by atoms with Gasteiger partial charge in [0.05, 0.1) is 0 Å². The Morgan fingerprint density at radius 2 is 1.60 bits per heavy atom. The fourth-order valence-corrected chi connectivity index (χ4v) is 2.95. The molecule has 1 heteroatoms. The minimum absolute atomic E-state index is 0.985. The van der Waals surface area contributed by atoms with Crippen LogP contribution in [0.25, 0.3) is 5.32 Å². The monoisotopic (exact) mass is 200 g/mol. The van der Waals surface area contributed by atoms with Gasteiger partial charge in [0.15, 0.2) is 0 Å². The molecular formula is C14H18N-. The van der Waals surface area contributed by atoms with Crippen LogP contribution in [0.1, 0.15) is 41.5 Å². The Labute approximate surface area is 91.9 Å². The summed E-state index contributed by atoms with van der Waals surface area (Å²) in [5.41, 5.74) is 6.43. The molecule has 0 atom stereocenters. The van der Waals surface area contributed by atoms with E-state index < -0.39 is 0 Å². The molecule has 1 aliphatic carbocycles. The van der Waals surface area contributed by atoms with Crippen LogP contribution in [-0.4, -0.2) is 6.54 Å². The normalized spacial score (nSPS) is 20.3. The molecule has 15 heavy (non-hydrogen) atoms. The molecule has 1 aromatic rings. The van der Waals surface area contributed by atoms with Gasteiger partial charge in [-0.05, 0) is 48.8 Å². The first-order chi connectivity index (χ1) is 7.45. The van der Waals surface area contributed by atoms with Crippen molar-refractivity contribution in [2.24, 2.45) is 0 Å². The van der Waals surface area contributed by atoms with E-state index in [0.29, 0.717) is 0 Å². The molecule has 0 saturated heterocycles. The molecule has 0 N–H and O–H groups in total. The largest absolute Gasteiger partial charge is 0.658 e. The molecule has 0 fully saturated rings. The number of nitrogens with zero attached hydrogens (tertiary/aromatic N) is 1. The Bertz CT molecular complexity index is 368. The van der Waals surface area contributed by atoms with Crippen molar-refractivity contribution in [3.05, 3.63) is 39.7 Å². The zero-order chi connectivity index (χ0) is 10.1. The molecule has 0 saturated carbocycles. The zero-order valence-electron chi connectivity index (χ0n) is 9.26. The van der Waals surface area contributed by atoms with Gasteiger partial charge in [-0.25, -0.2) is 0 Å². The SMILES string of the molecule is c1cc2c(c3c1CCCCC3)C[N-]CC2. The van der Waals surface area contributed by atoms with E-state index in [9.17, 15) is 0 Å². The Morgan fingerprint density at radius 1 is 0.800 bits per heavy atom. The van der Waals surface area contributed by atoms with E-state index >= 15 is 0 Å². The van der Waals surface area contributed by atoms with E-state index in [-0.39, 0.29) is 0 Å². The van der Waals surface area contributed by atoms with Crippen LogP contribution in [0.5, 0.6) is 0 Å². The number of rotatable bonds is 0. The summed E-state index contributed by atoms with van der Waals surface area (Å²) in [6.07, 6.45) is 7.92. The molecule has 0 bridgehead atoms. The van der Waals surface area contributed by atoms with Gasteiger partial charge in [0, 0.05) is 0 Å². The van der Waals surface area contributed by atoms with E-state index in [1.165, 1.54) is 38.5 Å². The van der Waals surface area contributed by atoms with Gasteiger partial charge in [0.2, 0.25) is 0 Å². The number of hydrogen-bond donors (Lipinski definition) is 0. The van der Waals surface area contributed by atoms with Crippen molar-refractivity contribution < 1.29 is 0 Å². The van der Waals surface area contributed by atoms with Crippen molar-refractivity contribution in [3.63, 3.8) is 0 Å². The van der Waals surface area contributed by atoms with Crippen LogP contribution in [0.2, 0.25) is 0 Å². The van der Waals surface area contributed by atoms with Gasteiger partial charge in [-0.15, -0.1) is 13.1 Å². The van der Waals surface area contributed by atoms with E-state index in [1.54, 1.807) is 22.3 Å². The predicted molar refractivity (Wildman–Crippen MR) is 63.3 cm³/mol. The van der Waals surface area contributed by atoms with E-state index in [1.807, 2.05) is 0 Å². The lowest BCUT2D eigenvalue weighted by Crippen LogP contribution is -2.10. The number of hydrogen-bond acceptors (Lipinski definition) is 0. The van der Waals surface area contributed by atoms with Crippen molar-refractivity contribution in [2.75, 3.05) is 6.54 Å². The lowest BCUT2D eigenvalue weighted by atomic mass is 9.90. The van der Waals surface area contributed by atoms with Crippen molar-refractivity contribution in [3.8, 4) is 0 Å². The predicted octanol–water partition coefficient (Wildman–Crippen LogP) is 3.39. The first-order valence-electron chi connectivity index (χ1n) is 6.21. The first-order valence-corrected chi connectivity index (χ1v) is 6.21. The third-order valence-corrected chi connectivity index (χ3v) is 3.81. The van der Waals surface area contributed by atoms with Gasteiger partial charge in [0.1, 0.15) is 0 Å². The second kappa shape index (κ2) is 3.97. The van der Waals surface area contributed by atoms with Crippen molar-refractivity contribution in [2.45, 2.75) is 45.1 Å². The standard InChI is InChI=1S/C14H18N/c1-2-4-11-6-7-12-8-9-15-10-14(12)13(11)5-3-1/h6-7H,1-5,8-10H2/q-1. The van der Waals surface area contributed by atoms with E-state index in [4.69, 9.17) is 0 Å². The maximum Gasteiger partial charge on any atom is -0.0274 e. The van der Waals surface area contributed by atoms with Gasteiger partial charge >= 0.3 is 0 Å². The summed E-state index contributed by atoms with van der Waals surface area (Å²) in [6.45, 7) is 2.02. The van der Waals surface area contributed by atoms with Gasteiger partial charge in [-0.3, -0.25) is 0 Å². The average Bonchev–Trinajstić information content (AvgIpc) is 2.54. The summed E-state index contributed by atoms with van der Waals surface area (Å²) in [5.74, 6) is 0. The highest BCUT2D eigenvalue weighted by atomic mass is 14.9. The lowest BCUT2D eigenvalue weighted by molar-refractivity contribution is 0.710. The molecule has 0 unspecified atom stereocenters.